The van der Waals surface area contributed by atoms with Crippen molar-refractivity contribution in [3.8, 4) is 0 Å². The molecule has 1 N–H and O–H groups in total. The first-order valence-electron chi connectivity index (χ1n) is 8.41. The number of imidazole rings is 1. The minimum absolute atomic E-state index is 0.639. The molecule has 0 bridgehead atoms. The first kappa shape index (κ1) is 14.6. The molecule has 0 aliphatic heterocycles. The maximum Gasteiger partial charge on any atom is 0.106 e. The van der Waals surface area contributed by atoms with Crippen LogP contribution in [0.3, 0.4) is 0 Å². The Kier molecular flexibility index (Phi) is 4.59. The Morgan fingerprint density at radius 3 is 2.81 bits per heavy atom. The highest BCUT2D eigenvalue weighted by molar-refractivity contribution is 5.75. The van der Waals surface area contributed by atoms with Crippen molar-refractivity contribution in [2.45, 2.75) is 58.5 Å². The average molecular weight is 285 g/mol. The fourth-order valence-electron chi connectivity index (χ4n) is 3.68. The van der Waals surface area contributed by atoms with E-state index in [1.54, 1.807) is 0 Å². The molecule has 1 saturated carbocycles. The summed E-state index contributed by atoms with van der Waals surface area (Å²) in [5, 5.41) is 3.73. The van der Waals surface area contributed by atoms with Crippen molar-refractivity contribution >= 4 is 11.0 Å². The van der Waals surface area contributed by atoms with Gasteiger partial charge in [0.25, 0.3) is 0 Å². The van der Waals surface area contributed by atoms with Crippen molar-refractivity contribution in [3.63, 3.8) is 0 Å². The van der Waals surface area contributed by atoms with Crippen LogP contribution < -0.4 is 5.32 Å². The third-order valence-corrected chi connectivity index (χ3v) is 5.00. The minimum Gasteiger partial charge on any atom is -0.327 e. The quantitative estimate of drug-likeness (QED) is 0.903. The van der Waals surface area contributed by atoms with Gasteiger partial charge in [0.1, 0.15) is 5.82 Å². The number of hydrogen-bond acceptors (Lipinski definition) is 2. The van der Waals surface area contributed by atoms with Crippen LogP contribution in [-0.2, 0) is 6.54 Å². The standard InChI is InChI=1S/C18H27N3/c1-14(16-8-4-3-5-9-16)19-12-13-21-15(2)20-17-10-6-7-11-18(17)21/h6-7,10-11,14,16,19H,3-5,8-9,12-13H2,1-2H3. The van der Waals surface area contributed by atoms with Crippen LogP contribution in [0.1, 0.15) is 44.9 Å². The SMILES string of the molecule is Cc1nc2ccccc2n1CCNC(C)C1CCCCC1. The Morgan fingerprint density at radius 2 is 2.00 bits per heavy atom. The predicted octanol–water partition coefficient (Wildman–Crippen LogP) is 3.90. The molecular weight excluding hydrogens is 258 g/mol. The van der Waals surface area contributed by atoms with Crippen LogP contribution in [0.4, 0.5) is 0 Å². The molecule has 21 heavy (non-hydrogen) atoms. The second kappa shape index (κ2) is 6.61. The second-order valence-corrected chi connectivity index (χ2v) is 6.44. The summed E-state index contributed by atoms with van der Waals surface area (Å²) in [6.45, 7) is 6.49. The lowest BCUT2D eigenvalue weighted by Gasteiger charge is -2.28. The van der Waals surface area contributed by atoms with Gasteiger partial charge in [0, 0.05) is 19.1 Å². The molecule has 1 atom stereocenters. The average Bonchev–Trinajstić information content (AvgIpc) is 2.84. The Labute approximate surface area is 127 Å². The van der Waals surface area contributed by atoms with Crippen molar-refractivity contribution in [2.24, 2.45) is 5.92 Å². The Morgan fingerprint density at radius 1 is 1.24 bits per heavy atom. The van der Waals surface area contributed by atoms with Crippen molar-refractivity contribution in [3.05, 3.63) is 30.1 Å². The van der Waals surface area contributed by atoms with Crippen LogP contribution in [0, 0.1) is 12.8 Å². The van der Waals surface area contributed by atoms with E-state index in [1.807, 2.05) is 0 Å². The predicted molar refractivity (Wildman–Crippen MR) is 88.5 cm³/mol. The van der Waals surface area contributed by atoms with Gasteiger partial charge in [-0.1, -0.05) is 31.4 Å². The van der Waals surface area contributed by atoms with Gasteiger partial charge in [-0.05, 0) is 44.7 Å². The Hall–Kier alpha value is -1.35. The van der Waals surface area contributed by atoms with Gasteiger partial charge >= 0.3 is 0 Å². The van der Waals surface area contributed by atoms with Crippen LogP contribution in [0.5, 0.6) is 0 Å². The molecule has 0 spiro atoms. The van der Waals surface area contributed by atoms with E-state index in [0.29, 0.717) is 6.04 Å². The summed E-state index contributed by atoms with van der Waals surface area (Å²) in [6, 6.07) is 9.05. The Balaban J connectivity index is 1.58. The van der Waals surface area contributed by atoms with Crippen molar-refractivity contribution < 1.29 is 0 Å². The van der Waals surface area contributed by atoms with Gasteiger partial charge in [-0.2, -0.15) is 0 Å². The molecule has 1 aliphatic carbocycles. The highest BCUT2D eigenvalue weighted by Crippen LogP contribution is 2.26. The third kappa shape index (κ3) is 3.29. The van der Waals surface area contributed by atoms with Crippen LogP contribution >= 0.6 is 0 Å². The maximum absolute atomic E-state index is 4.64. The second-order valence-electron chi connectivity index (χ2n) is 6.44. The maximum atomic E-state index is 4.64. The van der Waals surface area contributed by atoms with E-state index in [-0.39, 0.29) is 0 Å². The van der Waals surface area contributed by atoms with Crippen molar-refractivity contribution in [1.82, 2.24) is 14.9 Å². The number of aromatic nitrogens is 2. The number of nitrogens with one attached hydrogen (secondary N) is 1. The number of aryl methyl sites for hydroxylation is 1. The fraction of sp³-hybridized carbons (Fsp3) is 0.611. The zero-order valence-electron chi connectivity index (χ0n) is 13.3. The number of hydrogen-bond donors (Lipinski definition) is 1. The molecule has 3 heteroatoms. The molecule has 1 fully saturated rings. The summed E-state index contributed by atoms with van der Waals surface area (Å²) in [5.41, 5.74) is 2.36. The molecule has 0 saturated heterocycles. The van der Waals surface area contributed by atoms with E-state index in [4.69, 9.17) is 0 Å². The lowest BCUT2D eigenvalue weighted by atomic mass is 9.84. The summed E-state index contributed by atoms with van der Waals surface area (Å²) >= 11 is 0. The van der Waals surface area contributed by atoms with Crippen LogP contribution in [0.25, 0.3) is 11.0 Å². The molecule has 2 aromatic rings. The summed E-state index contributed by atoms with van der Waals surface area (Å²) in [7, 11) is 0. The number of para-hydroxylation sites is 2. The minimum atomic E-state index is 0.639. The fourth-order valence-corrected chi connectivity index (χ4v) is 3.68. The van der Waals surface area contributed by atoms with E-state index in [9.17, 15) is 0 Å². The summed E-state index contributed by atoms with van der Waals surface area (Å²) < 4.78 is 2.33. The summed E-state index contributed by atoms with van der Waals surface area (Å²) in [6.07, 6.45) is 7.08. The molecule has 1 aliphatic rings. The topological polar surface area (TPSA) is 29.9 Å². The van der Waals surface area contributed by atoms with Gasteiger partial charge in [0.15, 0.2) is 0 Å². The van der Waals surface area contributed by atoms with Crippen molar-refractivity contribution in [1.29, 1.82) is 0 Å². The van der Waals surface area contributed by atoms with E-state index >= 15 is 0 Å². The third-order valence-electron chi connectivity index (χ3n) is 5.00. The zero-order valence-corrected chi connectivity index (χ0v) is 13.3. The number of rotatable bonds is 5. The van der Waals surface area contributed by atoms with Gasteiger partial charge in [0.2, 0.25) is 0 Å². The van der Waals surface area contributed by atoms with E-state index in [1.165, 1.54) is 37.6 Å². The molecule has 1 unspecified atom stereocenters. The van der Waals surface area contributed by atoms with Crippen LogP contribution in [-0.4, -0.2) is 22.1 Å². The van der Waals surface area contributed by atoms with E-state index in [2.05, 4.69) is 53.0 Å². The van der Waals surface area contributed by atoms with Crippen LogP contribution in [0.15, 0.2) is 24.3 Å². The largest absolute Gasteiger partial charge is 0.327 e. The molecule has 3 nitrogen and oxygen atoms in total. The Bertz CT molecular complexity index is 581. The van der Waals surface area contributed by atoms with Crippen molar-refractivity contribution in [2.75, 3.05) is 6.54 Å². The molecular formula is C18H27N3. The molecule has 1 heterocycles. The smallest absolute Gasteiger partial charge is 0.106 e. The molecule has 0 amide bonds. The zero-order chi connectivity index (χ0) is 14.7. The van der Waals surface area contributed by atoms with Gasteiger partial charge < -0.3 is 9.88 Å². The molecule has 0 radical (unpaired) electrons. The number of fused-ring (bicyclic) bond motifs is 1. The molecule has 1 aromatic carbocycles. The first-order valence-corrected chi connectivity index (χ1v) is 8.41. The molecule has 1 aromatic heterocycles. The lowest BCUT2D eigenvalue weighted by Crippen LogP contribution is -2.36. The highest BCUT2D eigenvalue weighted by Gasteiger charge is 2.19. The first-order chi connectivity index (χ1) is 10.3. The molecule has 3 rings (SSSR count). The van der Waals surface area contributed by atoms with E-state index in [0.717, 1.165) is 30.3 Å². The monoisotopic (exact) mass is 285 g/mol. The van der Waals surface area contributed by atoms with Gasteiger partial charge in [-0.15, -0.1) is 0 Å². The molecule has 114 valence electrons. The van der Waals surface area contributed by atoms with Gasteiger partial charge in [-0.25, -0.2) is 4.98 Å². The summed E-state index contributed by atoms with van der Waals surface area (Å²) in [5.74, 6) is 1.99. The van der Waals surface area contributed by atoms with E-state index < -0.39 is 0 Å². The number of nitrogens with zero attached hydrogens (tertiary/aromatic N) is 2. The normalized spacial score (nSPS) is 18.2. The highest BCUT2D eigenvalue weighted by atomic mass is 15.1. The van der Waals surface area contributed by atoms with Crippen LogP contribution in [0.2, 0.25) is 0 Å². The lowest BCUT2D eigenvalue weighted by molar-refractivity contribution is 0.280. The van der Waals surface area contributed by atoms with Gasteiger partial charge in [0.05, 0.1) is 11.0 Å². The number of benzene rings is 1. The van der Waals surface area contributed by atoms with Gasteiger partial charge in [-0.3, -0.25) is 0 Å². The summed E-state index contributed by atoms with van der Waals surface area (Å²) in [4.78, 5) is 4.64.